The summed E-state index contributed by atoms with van der Waals surface area (Å²) in [5, 5.41) is 3.08. The van der Waals surface area contributed by atoms with Crippen LogP contribution in [0.25, 0.3) is 0 Å². The van der Waals surface area contributed by atoms with Gasteiger partial charge in [-0.25, -0.2) is 0 Å². The molecule has 0 radical (unpaired) electrons. The van der Waals surface area contributed by atoms with Crippen molar-refractivity contribution < 1.29 is 4.74 Å². The zero-order valence-corrected chi connectivity index (χ0v) is 10.0. The molecule has 0 heterocycles. The average Bonchev–Trinajstić information content (AvgIpc) is 1.81. The summed E-state index contributed by atoms with van der Waals surface area (Å²) in [6.45, 7) is 12.8. The maximum absolute atomic E-state index is 5.78. The van der Waals surface area contributed by atoms with Gasteiger partial charge in [0, 0.05) is 6.54 Å². The molecular weight excluding hydrogens is 162 g/mol. The quantitative estimate of drug-likeness (QED) is 0.667. The minimum Gasteiger partial charge on any atom is -0.374 e. The first kappa shape index (κ1) is 12.9. The van der Waals surface area contributed by atoms with Crippen LogP contribution in [0.15, 0.2) is 0 Å². The van der Waals surface area contributed by atoms with E-state index >= 15 is 0 Å². The lowest BCUT2D eigenvalue weighted by Gasteiger charge is -2.32. The predicted molar refractivity (Wildman–Crippen MR) is 58.0 cm³/mol. The molecule has 0 unspecified atom stereocenters. The zero-order chi connectivity index (χ0) is 10.5. The lowest BCUT2D eigenvalue weighted by molar-refractivity contribution is -0.0409. The molecule has 0 saturated heterocycles. The molecule has 0 amide bonds. The third-order valence-corrected chi connectivity index (χ3v) is 1.80. The van der Waals surface area contributed by atoms with E-state index in [0.717, 1.165) is 19.6 Å². The van der Waals surface area contributed by atoms with Crippen LogP contribution in [0.5, 0.6) is 0 Å². The van der Waals surface area contributed by atoms with Crippen LogP contribution < -0.4 is 5.32 Å². The van der Waals surface area contributed by atoms with Crippen LogP contribution in [-0.4, -0.2) is 25.8 Å². The lowest BCUT2D eigenvalue weighted by Crippen LogP contribution is -2.32. The Bertz CT molecular complexity index is 136. The second-order valence-electron chi connectivity index (χ2n) is 5.45. The Labute approximate surface area is 83.1 Å². The van der Waals surface area contributed by atoms with Crippen molar-refractivity contribution in [3.05, 3.63) is 0 Å². The number of rotatable bonds is 5. The predicted octanol–water partition coefficient (Wildman–Crippen LogP) is 2.44. The number of likely N-dealkylation sites (N-methyl/N-ethyl adjacent to an activating group) is 1. The van der Waals surface area contributed by atoms with E-state index in [1.807, 2.05) is 7.05 Å². The lowest BCUT2D eigenvalue weighted by atomic mass is 9.84. The van der Waals surface area contributed by atoms with Crippen molar-refractivity contribution in [1.29, 1.82) is 0 Å². The van der Waals surface area contributed by atoms with Crippen LogP contribution >= 0.6 is 0 Å². The highest BCUT2D eigenvalue weighted by Crippen LogP contribution is 2.29. The SMILES string of the molecule is CNCCOC(C)(C)CC(C)(C)C. The van der Waals surface area contributed by atoms with Crippen molar-refractivity contribution in [2.45, 2.75) is 46.6 Å². The summed E-state index contributed by atoms with van der Waals surface area (Å²) in [4.78, 5) is 0. The zero-order valence-electron chi connectivity index (χ0n) is 10.0. The Morgan fingerprint density at radius 3 is 2.00 bits per heavy atom. The van der Waals surface area contributed by atoms with E-state index in [4.69, 9.17) is 4.74 Å². The van der Waals surface area contributed by atoms with Gasteiger partial charge in [0.25, 0.3) is 0 Å². The van der Waals surface area contributed by atoms with Crippen molar-refractivity contribution in [3.63, 3.8) is 0 Å². The summed E-state index contributed by atoms with van der Waals surface area (Å²) < 4.78 is 5.78. The van der Waals surface area contributed by atoms with Crippen LogP contribution in [0.1, 0.15) is 41.0 Å². The molecule has 0 fully saturated rings. The molecule has 1 N–H and O–H groups in total. The van der Waals surface area contributed by atoms with Gasteiger partial charge in [-0.3, -0.25) is 0 Å². The fraction of sp³-hybridized carbons (Fsp3) is 1.00. The normalized spacial score (nSPS) is 13.4. The van der Waals surface area contributed by atoms with Gasteiger partial charge in [0.15, 0.2) is 0 Å². The first-order valence-electron chi connectivity index (χ1n) is 5.05. The molecule has 0 bridgehead atoms. The van der Waals surface area contributed by atoms with Crippen LogP contribution in [0.2, 0.25) is 0 Å². The van der Waals surface area contributed by atoms with Crippen molar-refractivity contribution in [1.82, 2.24) is 5.32 Å². The maximum Gasteiger partial charge on any atom is 0.0632 e. The van der Waals surface area contributed by atoms with Gasteiger partial charge in [-0.05, 0) is 32.7 Å². The van der Waals surface area contributed by atoms with Crippen LogP contribution in [0.4, 0.5) is 0 Å². The maximum atomic E-state index is 5.78. The minimum absolute atomic E-state index is 0.00486. The molecule has 0 spiro atoms. The Morgan fingerprint density at radius 1 is 1.08 bits per heavy atom. The molecule has 2 nitrogen and oxygen atoms in total. The topological polar surface area (TPSA) is 21.3 Å². The molecule has 0 aromatic carbocycles. The second kappa shape index (κ2) is 4.97. The van der Waals surface area contributed by atoms with Gasteiger partial charge in [0.05, 0.1) is 12.2 Å². The minimum atomic E-state index is -0.00486. The van der Waals surface area contributed by atoms with E-state index in [0.29, 0.717) is 5.41 Å². The van der Waals surface area contributed by atoms with E-state index in [1.54, 1.807) is 0 Å². The van der Waals surface area contributed by atoms with Crippen molar-refractivity contribution in [3.8, 4) is 0 Å². The van der Waals surface area contributed by atoms with Crippen molar-refractivity contribution in [2.75, 3.05) is 20.2 Å². The molecule has 2 heteroatoms. The molecule has 13 heavy (non-hydrogen) atoms. The highest BCUT2D eigenvalue weighted by molar-refractivity contribution is 4.76. The van der Waals surface area contributed by atoms with Crippen molar-refractivity contribution in [2.24, 2.45) is 5.41 Å². The van der Waals surface area contributed by atoms with E-state index in [1.165, 1.54) is 0 Å². The van der Waals surface area contributed by atoms with E-state index in [2.05, 4.69) is 39.9 Å². The van der Waals surface area contributed by atoms with Crippen LogP contribution in [0.3, 0.4) is 0 Å². The van der Waals surface area contributed by atoms with Gasteiger partial charge in [-0.15, -0.1) is 0 Å². The van der Waals surface area contributed by atoms with Crippen LogP contribution in [-0.2, 0) is 4.74 Å². The number of hydrogen-bond donors (Lipinski definition) is 1. The largest absolute Gasteiger partial charge is 0.374 e. The Kier molecular flexibility index (Phi) is 4.93. The summed E-state index contributed by atoms with van der Waals surface area (Å²) in [5.41, 5.74) is 0.332. The van der Waals surface area contributed by atoms with Gasteiger partial charge >= 0.3 is 0 Å². The summed E-state index contributed by atoms with van der Waals surface area (Å²) in [6.07, 6.45) is 1.09. The molecule has 80 valence electrons. The fourth-order valence-electron chi connectivity index (χ4n) is 1.76. The first-order valence-corrected chi connectivity index (χ1v) is 5.05. The smallest absolute Gasteiger partial charge is 0.0632 e. The third-order valence-electron chi connectivity index (χ3n) is 1.80. The molecule has 0 rings (SSSR count). The summed E-state index contributed by atoms with van der Waals surface area (Å²) >= 11 is 0. The molecular formula is C11H25NO. The van der Waals surface area contributed by atoms with Crippen LogP contribution in [0, 0.1) is 5.41 Å². The highest BCUT2D eigenvalue weighted by atomic mass is 16.5. The van der Waals surface area contributed by atoms with Crippen molar-refractivity contribution >= 4 is 0 Å². The summed E-state index contributed by atoms with van der Waals surface area (Å²) in [6, 6.07) is 0. The Balaban J connectivity index is 3.80. The van der Waals surface area contributed by atoms with Gasteiger partial charge in [-0.1, -0.05) is 20.8 Å². The van der Waals surface area contributed by atoms with Gasteiger partial charge in [0.1, 0.15) is 0 Å². The molecule has 0 atom stereocenters. The molecule has 0 saturated carbocycles. The van der Waals surface area contributed by atoms with Gasteiger partial charge in [-0.2, -0.15) is 0 Å². The summed E-state index contributed by atoms with van der Waals surface area (Å²) in [5.74, 6) is 0. The Hall–Kier alpha value is -0.0800. The number of ether oxygens (including phenoxy) is 1. The highest BCUT2D eigenvalue weighted by Gasteiger charge is 2.25. The molecule has 0 aromatic heterocycles. The van der Waals surface area contributed by atoms with Gasteiger partial charge in [0.2, 0.25) is 0 Å². The second-order valence-corrected chi connectivity index (χ2v) is 5.45. The molecule has 0 aliphatic rings. The number of nitrogens with one attached hydrogen (secondary N) is 1. The van der Waals surface area contributed by atoms with E-state index < -0.39 is 0 Å². The molecule has 0 aliphatic carbocycles. The Morgan fingerprint density at radius 2 is 1.62 bits per heavy atom. The average molecular weight is 187 g/mol. The van der Waals surface area contributed by atoms with Gasteiger partial charge < -0.3 is 10.1 Å². The summed E-state index contributed by atoms with van der Waals surface area (Å²) in [7, 11) is 1.94. The van der Waals surface area contributed by atoms with E-state index in [9.17, 15) is 0 Å². The van der Waals surface area contributed by atoms with E-state index in [-0.39, 0.29) is 5.60 Å². The third kappa shape index (κ3) is 8.26. The number of hydrogen-bond acceptors (Lipinski definition) is 2. The standard InChI is InChI=1S/C11H25NO/c1-10(2,3)9-11(4,5)13-8-7-12-6/h12H,7-9H2,1-6H3. The molecule has 0 aromatic rings. The first-order chi connectivity index (χ1) is 5.77. The molecule has 0 aliphatic heterocycles. The monoisotopic (exact) mass is 187 g/mol. The fourth-order valence-corrected chi connectivity index (χ4v) is 1.76.